The molecular formula is C17H20ClNO. The highest BCUT2D eigenvalue weighted by molar-refractivity contribution is 6.30. The lowest BCUT2D eigenvalue weighted by atomic mass is 10.2. The van der Waals surface area contributed by atoms with E-state index in [4.69, 9.17) is 16.3 Å². The Balaban J connectivity index is 1.88. The van der Waals surface area contributed by atoms with Gasteiger partial charge in [0.1, 0.15) is 11.9 Å². The molecule has 2 aromatic rings. The second kappa shape index (κ2) is 7.20. The minimum Gasteiger partial charge on any atom is -0.489 e. The van der Waals surface area contributed by atoms with Crippen LogP contribution in [0.25, 0.3) is 0 Å². The van der Waals surface area contributed by atoms with Crippen molar-refractivity contribution in [2.75, 3.05) is 11.9 Å². The monoisotopic (exact) mass is 289 g/mol. The fourth-order valence-electron chi connectivity index (χ4n) is 1.88. The highest BCUT2D eigenvalue weighted by Gasteiger charge is 2.08. The van der Waals surface area contributed by atoms with E-state index >= 15 is 0 Å². The summed E-state index contributed by atoms with van der Waals surface area (Å²) in [6, 6.07) is 15.9. The maximum absolute atomic E-state index is 5.98. The normalized spacial score (nSPS) is 11.9. The van der Waals surface area contributed by atoms with Crippen LogP contribution in [0.1, 0.15) is 18.9 Å². The summed E-state index contributed by atoms with van der Waals surface area (Å²) in [7, 11) is 0. The van der Waals surface area contributed by atoms with Gasteiger partial charge in [-0.05, 0) is 49.7 Å². The molecule has 2 rings (SSSR count). The Labute approximate surface area is 125 Å². The first-order valence-corrected chi connectivity index (χ1v) is 7.28. The largest absolute Gasteiger partial charge is 0.489 e. The smallest absolute Gasteiger partial charge is 0.119 e. The molecule has 0 saturated heterocycles. The average molecular weight is 290 g/mol. The summed E-state index contributed by atoms with van der Waals surface area (Å²) in [4.78, 5) is 0. The van der Waals surface area contributed by atoms with Crippen molar-refractivity contribution in [2.45, 2.75) is 26.4 Å². The fraction of sp³-hybridized carbons (Fsp3) is 0.294. The Bertz CT molecular complexity index is 522. The molecule has 0 saturated carbocycles. The molecule has 0 aromatic heterocycles. The predicted molar refractivity (Wildman–Crippen MR) is 85.8 cm³/mol. The number of rotatable bonds is 6. The van der Waals surface area contributed by atoms with E-state index < -0.39 is 0 Å². The number of hydrogen-bond donors (Lipinski definition) is 1. The summed E-state index contributed by atoms with van der Waals surface area (Å²) in [6.07, 6.45) is 1.10. The molecule has 0 aliphatic rings. The molecule has 0 heterocycles. The van der Waals surface area contributed by atoms with Gasteiger partial charge in [0.2, 0.25) is 0 Å². The van der Waals surface area contributed by atoms with Crippen molar-refractivity contribution < 1.29 is 4.74 Å². The van der Waals surface area contributed by atoms with Crippen molar-refractivity contribution in [3.05, 3.63) is 59.1 Å². The molecule has 0 fully saturated rings. The van der Waals surface area contributed by atoms with Crippen LogP contribution in [0.4, 0.5) is 5.69 Å². The van der Waals surface area contributed by atoms with Crippen LogP contribution in [-0.4, -0.2) is 12.6 Å². The quantitative estimate of drug-likeness (QED) is 0.815. The van der Waals surface area contributed by atoms with E-state index in [0.29, 0.717) is 0 Å². The summed E-state index contributed by atoms with van der Waals surface area (Å²) in [5, 5.41) is 4.12. The van der Waals surface area contributed by atoms with Crippen molar-refractivity contribution in [1.29, 1.82) is 0 Å². The SMILES string of the molecule is CCC(CNc1ccc(Cl)cc1)Oc1ccc(C)cc1. The number of halogens is 1. The summed E-state index contributed by atoms with van der Waals surface area (Å²) >= 11 is 5.87. The van der Waals surface area contributed by atoms with Crippen LogP contribution in [-0.2, 0) is 0 Å². The lowest BCUT2D eigenvalue weighted by Crippen LogP contribution is -2.25. The molecule has 2 aromatic carbocycles. The lowest BCUT2D eigenvalue weighted by molar-refractivity contribution is 0.210. The van der Waals surface area contributed by atoms with Gasteiger partial charge >= 0.3 is 0 Å². The second-order valence-corrected chi connectivity index (χ2v) is 5.29. The maximum Gasteiger partial charge on any atom is 0.119 e. The lowest BCUT2D eigenvalue weighted by Gasteiger charge is -2.19. The van der Waals surface area contributed by atoms with Gasteiger partial charge < -0.3 is 10.1 Å². The van der Waals surface area contributed by atoms with Crippen molar-refractivity contribution in [3.8, 4) is 5.75 Å². The van der Waals surface area contributed by atoms with Gasteiger partial charge in [-0.1, -0.05) is 36.2 Å². The first-order valence-electron chi connectivity index (χ1n) is 6.90. The Kier molecular flexibility index (Phi) is 5.31. The van der Waals surface area contributed by atoms with Crippen molar-refractivity contribution in [2.24, 2.45) is 0 Å². The maximum atomic E-state index is 5.98. The van der Waals surface area contributed by atoms with E-state index in [1.807, 2.05) is 36.4 Å². The molecule has 106 valence electrons. The Morgan fingerprint density at radius 1 is 1.05 bits per heavy atom. The molecular weight excluding hydrogens is 270 g/mol. The zero-order valence-corrected chi connectivity index (χ0v) is 12.7. The van der Waals surface area contributed by atoms with Crippen molar-refractivity contribution in [3.63, 3.8) is 0 Å². The van der Waals surface area contributed by atoms with Gasteiger partial charge in [-0.2, -0.15) is 0 Å². The molecule has 2 nitrogen and oxygen atoms in total. The Hall–Kier alpha value is -1.67. The van der Waals surface area contributed by atoms with Gasteiger partial charge in [0.25, 0.3) is 0 Å². The number of benzene rings is 2. The second-order valence-electron chi connectivity index (χ2n) is 4.85. The van der Waals surface area contributed by atoms with E-state index in [9.17, 15) is 0 Å². The third-order valence-electron chi connectivity index (χ3n) is 3.16. The third kappa shape index (κ3) is 4.46. The molecule has 1 atom stereocenters. The molecule has 1 N–H and O–H groups in total. The van der Waals surface area contributed by atoms with Gasteiger partial charge in [-0.25, -0.2) is 0 Å². The summed E-state index contributed by atoms with van der Waals surface area (Å²) in [5.74, 6) is 0.917. The van der Waals surface area contributed by atoms with Crippen LogP contribution < -0.4 is 10.1 Å². The van der Waals surface area contributed by atoms with Crippen LogP contribution in [0.5, 0.6) is 5.75 Å². The van der Waals surface area contributed by atoms with E-state index in [1.54, 1.807) is 0 Å². The zero-order valence-electron chi connectivity index (χ0n) is 11.9. The van der Waals surface area contributed by atoms with Gasteiger partial charge in [0, 0.05) is 10.7 Å². The molecule has 3 heteroatoms. The molecule has 0 amide bonds. The highest BCUT2D eigenvalue weighted by atomic mass is 35.5. The first-order chi connectivity index (χ1) is 9.67. The van der Waals surface area contributed by atoms with E-state index in [1.165, 1.54) is 5.56 Å². The Morgan fingerprint density at radius 3 is 2.30 bits per heavy atom. The van der Waals surface area contributed by atoms with Crippen LogP contribution in [0.3, 0.4) is 0 Å². The van der Waals surface area contributed by atoms with Gasteiger partial charge in [0.05, 0.1) is 6.54 Å². The Morgan fingerprint density at radius 2 is 1.70 bits per heavy atom. The third-order valence-corrected chi connectivity index (χ3v) is 3.41. The molecule has 0 radical (unpaired) electrons. The molecule has 0 aliphatic heterocycles. The molecule has 0 aliphatic carbocycles. The number of anilines is 1. The van der Waals surface area contributed by atoms with E-state index in [2.05, 4.69) is 31.3 Å². The molecule has 1 unspecified atom stereocenters. The first kappa shape index (κ1) is 14.7. The summed E-state index contributed by atoms with van der Waals surface area (Å²) < 4.78 is 5.98. The predicted octanol–water partition coefficient (Wildman–Crippen LogP) is 4.92. The van der Waals surface area contributed by atoms with Gasteiger partial charge in [0.15, 0.2) is 0 Å². The minimum atomic E-state index is 0.147. The standard InChI is InChI=1S/C17H20ClNO/c1-3-16(20-17-10-4-13(2)5-11-17)12-19-15-8-6-14(18)7-9-15/h4-11,16,19H,3,12H2,1-2H3. The average Bonchev–Trinajstić information content (AvgIpc) is 2.47. The van der Waals surface area contributed by atoms with Gasteiger partial charge in [-0.15, -0.1) is 0 Å². The zero-order chi connectivity index (χ0) is 14.4. The molecule has 20 heavy (non-hydrogen) atoms. The molecule has 0 bridgehead atoms. The van der Waals surface area contributed by atoms with Crippen molar-refractivity contribution >= 4 is 17.3 Å². The topological polar surface area (TPSA) is 21.3 Å². The van der Waals surface area contributed by atoms with E-state index in [0.717, 1.165) is 29.4 Å². The van der Waals surface area contributed by atoms with Crippen LogP contribution in [0.15, 0.2) is 48.5 Å². The number of nitrogens with one attached hydrogen (secondary N) is 1. The summed E-state index contributed by atoms with van der Waals surface area (Å²) in [6.45, 7) is 4.97. The van der Waals surface area contributed by atoms with Crippen molar-refractivity contribution in [1.82, 2.24) is 0 Å². The molecule has 0 spiro atoms. The van der Waals surface area contributed by atoms with Gasteiger partial charge in [-0.3, -0.25) is 0 Å². The minimum absolute atomic E-state index is 0.147. The highest BCUT2D eigenvalue weighted by Crippen LogP contribution is 2.16. The van der Waals surface area contributed by atoms with Crippen LogP contribution in [0.2, 0.25) is 5.02 Å². The summed E-state index contributed by atoms with van der Waals surface area (Å²) in [5.41, 5.74) is 2.30. The van der Waals surface area contributed by atoms with E-state index in [-0.39, 0.29) is 6.10 Å². The van der Waals surface area contributed by atoms with Crippen LogP contribution in [0, 0.1) is 6.92 Å². The number of aryl methyl sites for hydroxylation is 1. The van der Waals surface area contributed by atoms with Crippen LogP contribution >= 0.6 is 11.6 Å². The number of hydrogen-bond acceptors (Lipinski definition) is 2. The fourth-order valence-corrected chi connectivity index (χ4v) is 2.00. The number of ether oxygens (including phenoxy) is 1.